The van der Waals surface area contributed by atoms with Gasteiger partial charge in [0.1, 0.15) is 0 Å². The first-order valence-electron chi connectivity index (χ1n) is 5.46. The number of hydrogen-bond donors (Lipinski definition) is 2. The van der Waals surface area contributed by atoms with Gasteiger partial charge in [0.2, 0.25) is 5.91 Å². The number of hydrogen-bond acceptors (Lipinski definition) is 3. The maximum Gasteiger partial charge on any atom is 0.227 e. The average Bonchev–Trinajstić information content (AvgIpc) is 2.68. The van der Waals surface area contributed by atoms with Gasteiger partial charge in [0.15, 0.2) is 0 Å². The second kappa shape index (κ2) is 4.53. The number of aliphatic hydroxyl groups excluding tert-OH is 1. The summed E-state index contributed by atoms with van der Waals surface area (Å²) in [6, 6.07) is 7.38. The molecule has 0 radical (unpaired) electrons. The number of nitrogens with zero attached hydrogens (tertiary/aromatic N) is 1. The Balaban J connectivity index is 2.00. The Kier molecular flexibility index (Phi) is 3.10. The van der Waals surface area contributed by atoms with Crippen LogP contribution in [0.15, 0.2) is 24.3 Å². The molecule has 1 aliphatic rings. The van der Waals surface area contributed by atoms with Crippen molar-refractivity contribution in [3.05, 3.63) is 29.8 Å². The summed E-state index contributed by atoms with van der Waals surface area (Å²) in [7, 11) is 0. The molecule has 1 heterocycles. The van der Waals surface area contributed by atoms with Gasteiger partial charge in [-0.3, -0.25) is 4.79 Å². The number of amides is 1. The van der Waals surface area contributed by atoms with Crippen LogP contribution in [-0.4, -0.2) is 35.1 Å². The van der Waals surface area contributed by atoms with Crippen molar-refractivity contribution in [1.82, 2.24) is 4.90 Å². The standard InChI is InChI=1S/C12H16N2O2/c13-11-4-2-1-3-9(11)7-12(16)14-6-5-10(15)8-14/h1-4,10,15H,5-8,13H2/t10-/m1/s1. The largest absolute Gasteiger partial charge is 0.398 e. The summed E-state index contributed by atoms with van der Waals surface area (Å²) < 4.78 is 0. The van der Waals surface area contributed by atoms with Gasteiger partial charge in [0.05, 0.1) is 12.5 Å². The number of para-hydroxylation sites is 1. The molecule has 16 heavy (non-hydrogen) atoms. The lowest BCUT2D eigenvalue weighted by molar-refractivity contribution is -0.129. The summed E-state index contributed by atoms with van der Waals surface area (Å²) in [5.41, 5.74) is 7.28. The van der Waals surface area contributed by atoms with E-state index in [2.05, 4.69) is 0 Å². The Morgan fingerprint density at radius 2 is 2.25 bits per heavy atom. The topological polar surface area (TPSA) is 66.6 Å². The molecule has 1 fully saturated rings. The van der Waals surface area contributed by atoms with Crippen LogP contribution in [-0.2, 0) is 11.2 Å². The quantitative estimate of drug-likeness (QED) is 0.709. The molecular weight excluding hydrogens is 204 g/mol. The van der Waals surface area contributed by atoms with E-state index in [4.69, 9.17) is 5.73 Å². The van der Waals surface area contributed by atoms with Crippen molar-refractivity contribution < 1.29 is 9.90 Å². The minimum atomic E-state index is -0.364. The highest BCUT2D eigenvalue weighted by Crippen LogP contribution is 2.15. The predicted molar refractivity (Wildman–Crippen MR) is 61.8 cm³/mol. The summed E-state index contributed by atoms with van der Waals surface area (Å²) in [6.45, 7) is 1.10. The Bertz CT molecular complexity index is 392. The first-order valence-corrected chi connectivity index (χ1v) is 5.46. The maximum atomic E-state index is 11.9. The number of benzene rings is 1. The van der Waals surface area contributed by atoms with Crippen LogP contribution in [0.1, 0.15) is 12.0 Å². The van der Waals surface area contributed by atoms with Crippen molar-refractivity contribution in [2.75, 3.05) is 18.8 Å². The zero-order valence-electron chi connectivity index (χ0n) is 9.10. The summed E-state index contributed by atoms with van der Waals surface area (Å²) in [5.74, 6) is 0.0365. The van der Waals surface area contributed by atoms with Crippen molar-refractivity contribution in [2.24, 2.45) is 0 Å². The summed E-state index contributed by atoms with van der Waals surface area (Å²) >= 11 is 0. The van der Waals surface area contributed by atoms with Crippen molar-refractivity contribution in [3.8, 4) is 0 Å². The Labute approximate surface area is 94.7 Å². The number of nitrogen functional groups attached to an aromatic ring is 1. The molecule has 0 saturated carbocycles. The Morgan fingerprint density at radius 3 is 2.88 bits per heavy atom. The Hall–Kier alpha value is -1.55. The van der Waals surface area contributed by atoms with Crippen LogP contribution in [0.4, 0.5) is 5.69 Å². The molecular formula is C12H16N2O2. The molecule has 0 aromatic heterocycles. The summed E-state index contributed by atoms with van der Waals surface area (Å²) in [6.07, 6.45) is 0.632. The molecule has 1 saturated heterocycles. The van der Waals surface area contributed by atoms with E-state index in [9.17, 15) is 9.90 Å². The fourth-order valence-electron chi connectivity index (χ4n) is 1.94. The molecule has 2 rings (SSSR count). The summed E-state index contributed by atoms with van der Waals surface area (Å²) in [5, 5.41) is 9.35. The van der Waals surface area contributed by atoms with Crippen LogP contribution in [0.5, 0.6) is 0 Å². The number of carbonyl (C=O) groups excluding carboxylic acids is 1. The molecule has 4 heteroatoms. The van der Waals surface area contributed by atoms with Gasteiger partial charge >= 0.3 is 0 Å². The van der Waals surface area contributed by atoms with Crippen LogP contribution in [0.2, 0.25) is 0 Å². The lowest BCUT2D eigenvalue weighted by atomic mass is 10.1. The molecule has 1 amide bonds. The zero-order valence-corrected chi connectivity index (χ0v) is 9.10. The third-order valence-electron chi connectivity index (χ3n) is 2.91. The van der Waals surface area contributed by atoms with Crippen LogP contribution in [0, 0.1) is 0 Å². The maximum absolute atomic E-state index is 11.9. The normalized spacial score (nSPS) is 20.1. The van der Waals surface area contributed by atoms with E-state index in [1.54, 1.807) is 11.0 Å². The molecule has 0 spiro atoms. The van der Waals surface area contributed by atoms with Crippen LogP contribution < -0.4 is 5.73 Å². The second-order valence-electron chi connectivity index (χ2n) is 4.16. The van der Waals surface area contributed by atoms with Gasteiger partial charge < -0.3 is 15.7 Å². The molecule has 1 aromatic rings. The smallest absolute Gasteiger partial charge is 0.227 e. The highest BCUT2D eigenvalue weighted by Gasteiger charge is 2.24. The number of aliphatic hydroxyl groups is 1. The first-order chi connectivity index (χ1) is 7.66. The van der Waals surface area contributed by atoms with Gasteiger partial charge in [-0.1, -0.05) is 18.2 Å². The van der Waals surface area contributed by atoms with Crippen molar-refractivity contribution in [2.45, 2.75) is 18.9 Å². The fraction of sp³-hybridized carbons (Fsp3) is 0.417. The van der Waals surface area contributed by atoms with Gasteiger partial charge in [0, 0.05) is 18.8 Å². The average molecular weight is 220 g/mol. The highest BCUT2D eigenvalue weighted by molar-refractivity contribution is 5.80. The van der Waals surface area contributed by atoms with Gasteiger partial charge in [-0.25, -0.2) is 0 Å². The van der Waals surface area contributed by atoms with Crippen molar-refractivity contribution in [3.63, 3.8) is 0 Å². The number of rotatable bonds is 2. The van der Waals surface area contributed by atoms with E-state index in [1.165, 1.54) is 0 Å². The summed E-state index contributed by atoms with van der Waals surface area (Å²) in [4.78, 5) is 13.6. The molecule has 1 aliphatic heterocycles. The minimum absolute atomic E-state index is 0.0365. The van der Waals surface area contributed by atoms with E-state index >= 15 is 0 Å². The monoisotopic (exact) mass is 220 g/mol. The number of nitrogens with two attached hydrogens (primary N) is 1. The zero-order chi connectivity index (χ0) is 11.5. The Morgan fingerprint density at radius 1 is 1.50 bits per heavy atom. The van der Waals surface area contributed by atoms with Crippen LogP contribution >= 0.6 is 0 Å². The van der Waals surface area contributed by atoms with Crippen molar-refractivity contribution >= 4 is 11.6 Å². The SMILES string of the molecule is Nc1ccccc1CC(=O)N1CC[C@@H](O)C1. The van der Waals surface area contributed by atoms with Gasteiger partial charge in [-0.05, 0) is 18.1 Å². The molecule has 0 unspecified atom stereocenters. The first kappa shape index (κ1) is 11.0. The van der Waals surface area contributed by atoms with Crippen molar-refractivity contribution in [1.29, 1.82) is 0 Å². The van der Waals surface area contributed by atoms with E-state index < -0.39 is 0 Å². The molecule has 1 atom stereocenters. The molecule has 4 nitrogen and oxygen atoms in total. The number of anilines is 1. The third-order valence-corrected chi connectivity index (χ3v) is 2.91. The van der Waals surface area contributed by atoms with Gasteiger partial charge in [-0.2, -0.15) is 0 Å². The molecule has 0 bridgehead atoms. The van der Waals surface area contributed by atoms with E-state index in [0.717, 1.165) is 5.56 Å². The predicted octanol–water partition coefficient (Wildman–Crippen LogP) is 0.404. The molecule has 0 aliphatic carbocycles. The van der Waals surface area contributed by atoms with E-state index in [0.29, 0.717) is 31.6 Å². The minimum Gasteiger partial charge on any atom is -0.398 e. The number of carbonyl (C=O) groups is 1. The molecule has 86 valence electrons. The van der Waals surface area contributed by atoms with E-state index in [1.807, 2.05) is 18.2 Å². The highest BCUT2D eigenvalue weighted by atomic mass is 16.3. The lowest BCUT2D eigenvalue weighted by Gasteiger charge is -2.16. The fourth-order valence-corrected chi connectivity index (χ4v) is 1.94. The number of likely N-dealkylation sites (tertiary alicyclic amines) is 1. The second-order valence-corrected chi connectivity index (χ2v) is 4.16. The van der Waals surface area contributed by atoms with Gasteiger partial charge in [-0.15, -0.1) is 0 Å². The number of β-amino-alcohol motifs (C(OH)–C–C–N with tert-alkyl or cyclic N) is 1. The van der Waals surface area contributed by atoms with Crippen LogP contribution in [0.3, 0.4) is 0 Å². The van der Waals surface area contributed by atoms with E-state index in [-0.39, 0.29) is 12.0 Å². The molecule has 1 aromatic carbocycles. The van der Waals surface area contributed by atoms with Gasteiger partial charge in [0.25, 0.3) is 0 Å². The lowest BCUT2D eigenvalue weighted by Crippen LogP contribution is -2.31. The third kappa shape index (κ3) is 2.33. The molecule has 3 N–H and O–H groups in total. The van der Waals surface area contributed by atoms with Crippen LogP contribution in [0.25, 0.3) is 0 Å².